The van der Waals surface area contributed by atoms with Gasteiger partial charge in [0.1, 0.15) is 0 Å². The van der Waals surface area contributed by atoms with Gasteiger partial charge in [-0.15, -0.1) is 0 Å². The Morgan fingerprint density at radius 1 is 1.12 bits per heavy atom. The van der Waals surface area contributed by atoms with E-state index in [1.54, 1.807) is 0 Å². The lowest BCUT2D eigenvalue weighted by Gasteiger charge is -2.23. The molecule has 0 bridgehead atoms. The number of piperidine rings is 1. The molecule has 0 aromatic carbocycles. The molecule has 0 atom stereocenters. The van der Waals surface area contributed by atoms with Crippen LogP contribution in [0.25, 0.3) is 0 Å². The van der Waals surface area contributed by atoms with E-state index < -0.39 is 0 Å². The molecule has 2 aliphatic rings. The minimum Gasteiger partial charge on any atom is -0.317 e. The molecule has 0 radical (unpaired) electrons. The highest BCUT2D eigenvalue weighted by Gasteiger charge is 2.16. The van der Waals surface area contributed by atoms with Gasteiger partial charge in [-0.05, 0) is 75.6 Å². The maximum atomic E-state index is 4.89. The normalized spacial score (nSPS) is 21.2. The van der Waals surface area contributed by atoms with Crippen molar-refractivity contribution in [3.8, 4) is 0 Å². The van der Waals surface area contributed by atoms with Crippen LogP contribution in [-0.4, -0.2) is 18.1 Å². The smallest absolute Gasteiger partial charge is 0.0438 e. The zero-order valence-electron chi connectivity index (χ0n) is 10.5. The quantitative estimate of drug-likeness (QED) is 0.844. The lowest BCUT2D eigenvalue weighted by Crippen LogP contribution is -2.28. The van der Waals surface area contributed by atoms with Crippen molar-refractivity contribution in [3.63, 3.8) is 0 Å². The number of hydrogen-bond acceptors (Lipinski definition) is 2. The van der Waals surface area contributed by atoms with Crippen LogP contribution in [0.1, 0.15) is 42.6 Å². The van der Waals surface area contributed by atoms with Crippen LogP contribution in [0.15, 0.2) is 12.1 Å². The molecule has 3 rings (SSSR count). The summed E-state index contributed by atoms with van der Waals surface area (Å²) in [5, 5.41) is 3.43. The van der Waals surface area contributed by atoms with Crippen LogP contribution in [0.4, 0.5) is 0 Å². The standard InChI is InChI=1S/C15H22N2/c1-2-4-15-13(3-1)5-6-14(17-15)11-12-7-9-16-10-8-12/h5-6,12,16H,1-4,7-11H2. The van der Waals surface area contributed by atoms with Crippen LogP contribution >= 0.6 is 0 Å². The predicted octanol–water partition coefficient (Wildman–Crippen LogP) is 2.50. The summed E-state index contributed by atoms with van der Waals surface area (Å²) >= 11 is 0. The van der Waals surface area contributed by atoms with Crippen molar-refractivity contribution in [2.24, 2.45) is 5.92 Å². The summed E-state index contributed by atoms with van der Waals surface area (Å²) in [5.41, 5.74) is 4.23. The Balaban J connectivity index is 1.70. The molecule has 0 amide bonds. The molecule has 0 saturated carbocycles. The molecule has 2 heteroatoms. The molecule has 0 spiro atoms. The second kappa shape index (κ2) is 5.18. The van der Waals surface area contributed by atoms with Crippen LogP contribution in [-0.2, 0) is 19.3 Å². The molecule has 2 nitrogen and oxygen atoms in total. The third-order valence-corrected chi connectivity index (χ3v) is 4.19. The number of rotatable bonds is 2. The Bertz CT molecular complexity index is 381. The van der Waals surface area contributed by atoms with Gasteiger partial charge < -0.3 is 5.32 Å². The zero-order chi connectivity index (χ0) is 11.5. The number of fused-ring (bicyclic) bond motifs is 1. The van der Waals surface area contributed by atoms with Gasteiger partial charge in [0.05, 0.1) is 0 Å². The van der Waals surface area contributed by atoms with E-state index in [0.29, 0.717) is 0 Å². The topological polar surface area (TPSA) is 24.9 Å². The van der Waals surface area contributed by atoms with Crippen molar-refractivity contribution in [1.29, 1.82) is 0 Å². The number of aromatic nitrogens is 1. The molecule has 1 aromatic rings. The molecular formula is C15H22N2. The maximum Gasteiger partial charge on any atom is 0.0438 e. The second-order valence-electron chi connectivity index (χ2n) is 5.51. The van der Waals surface area contributed by atoms with Gasteiger partial charge in [-0.2, -0.15) is 0 Å². The molecule has 17 heavy (non-hydrogen) atoms. The first kappa shape index (κ1) is 11.2. The molecule has 1 aliphatic carbocycles. The second-order valence-corrected chi connectivity index (χ2v) is 5.51. The fraction of sp³-hybridized carbons (Fsp3) is 0.667. The Morgan fingerprint density at radius 3 is 2.82 bits per heavy atom. The first-order valence-electron chi connectivity index (χ1n) is 7.10. The average molecular weight is 230 g/mol. The van der Waals surface area contributed by atoms with Gasteiger partial charge in [0.15, 0.2) is 0 Å². The van der Waals surface area contributed by atoms with Crippen molar-refractivity contribution in [1.82, 2.24) is 10.3 Å². The Hall–Kier alpha value is -0.890. The number of hydrogen-bond donors (Lipinski definition) is 1. The number of nitrogens with zero attached hydrogens (tertiary/aromatic N) is 1. The maximum absolute atomic E-state index is 4.89. The van der Waals surface area contributed by atoms with Gasteiger partial charge in [0, 0.05) is 11.4 Å². The van der Waals surface area contributed by atoms with E-state index in [1.807, 2.05) is 0 Å². The molecule has 1 aliphatic heterocycles. The SMILES string of the molecule is c1cc2c(nc1CC1CCNCC1)CCCC2. The Morgan fingerprint density at radius 2 is 1.94 bits per heavy atom. The van der Waals surface area contributed by atoms with Crippen LogP contribution in [0.2, 0.25) is 0 Å². The summed E-state index contributed by atoms with van der Waals surface area (Å²) in [7, 11) is 0. The highest BCUT2D eigenvalue weighted by molar-refractivity contribution is 5.25. The molecule has 1 fully saturated rings. The van der Waals surface area contributed by atoms with Crippen molar-refractivity contribution in [2.45, 2.75) is 44.9 Å². The monoisotopic (exact) mass is 230 g/mol. The van der Waals surface area contributed by atoms with E-state index >= 15 is 0 Å². The molecular weight excluding hydrogens is 208 g/mol. The fourth-order valence-corrected chi connectivity index (χ4v) is 3.12. The van der Waals surface area contributed by atoms with E-state index in [-0.39, 0.29) is 0 Å². The van der Waals surface area contributed by atoms with Gasteiger partial charge >= 0.3 is 0 Å². The van der Waals surface area contributed by atoms with E-state index in [2.05, 4.69) is 17.4 Å². The van der Waals surface area contributed by atoms with Crippen LogP contribution in [0, 0.1) is 5.92 Å². The van der Waals surface area contributed by atoms with Gasteiger partial charge in [-0.1, -0.05) is 6.07 Å². The van der Waals surface area contributed by atoms with Crippen LogP contribution < -0.4 is 5.32 Å². The Kier molecular flexibility index (Phi) is 3.41. The molecule has 1 saturated heterocycles. The lowest BCUT2D eigenvalue weighted by molar-refractivity contribution is 0.369. The summed E-state index contributed by atoms with van der Waals surface area (Å²) in [6.07, 6.45) is 8.96. The minimum absolute atomic E-state index is 0.852. The number of nitrogens with one attached hydrogen (secondary N) is 1. The lowest BCUT2D eigenvalue weighted by atomic mass is 9.91. The van der Waals surface area contributed by atoms with Crippen molar-refractivity contribution < 1.29 is 0 Å². The summed E-state index contributed by atoms with van der Waals surface area (Å²) < 4.78 is 0. The fourth-order valence-electron chi connectivity index (χ4n) is 3.12. The van der Waals surface area contributed by atoms with Gasteiger partial charge in [0.2, 0.25) is 0 Å². The van der Waals surface area contributed by atoms with E-state index in [4.69, 9.17) is 4.98 Å². The van der Waals surface area contributed by atoms with Crippen LogP contribution in [0.3, 0.4) is 0 Å². The Labute approximate surface area is 104 Å². The van der Waals surface area contributed by atoms with E-state index in [1.165, 1.54) is 75.0 Å². The highest BCUT2D eigenvalue weighted by atomic mass is 14.9. The van der Waals surface area contributed by atoms with E-state index in [9.17, 15) is 0 Å². The van der Waals surface area contributed by atoms with Crippen LogP contribution in [0.5, 0.6) is 0 Å². The number of pyridine rings is 1. The molecule has 92 valence electrons. The number of aryl methyl sites for hydroxylation is 2. The predicted molar refractivity (Wildman–Crippen MR) is 70.2 cm³/mol. The van der Waals surface area contributed by atoms with Crippen molar-refractivity contribution in [2.75, 3.05) is 13.1 Å². The first-order chi connectivity index (χ1) is 8.42. The van der Waals surface area contributed by atoms with Gasteiger partial charge in [-0.3, -0.25) is 4.98 Å². The van der Waals surface area contributed by atoms with Crippen molar-refractivity contribution in [3.05, 3.63) is 29.1 Å². The zero-order valence-corrected chi connectivity index (χ0v) is 10.5. The first-order valence-corrected chi connectivity index (χ1v) is 7.10. The minimum atomic E-state index is 0.852. The third kappa shape index (κ3) is 2.68. The summed E-state index contributed by atoms with van der Waals surface area (Å²) in [4.78, 5) is 4.89. The van der Waals surface area contributed by atoms with Gasteiger partial charge in [-0.25, -0.2) is 0 Å². The summed E-state index contributed by atoms with van der Waals surface area (Å²) in [5.74, 6) is 0.852. The van der Waals surface area contributed by atoms with Gasteiger partial charge in [0.25, 0.3) is 0 Å². The molecule has 1 aromatic heterocycles. The van der Waals surface area contributed by atoms with E-state index in [0.717, 1.165) is 5.92 Å². The molecule has 0 unspecified atom stereocenters. The molecule has 1 N–H and O–H groups in total. The highest BCUT2D eigenvalue weighted by Crippen LogP contribution is 2.22. The molecule has 2 heterocycles. The summed E-state index contributed by atoms with van der Waals surface area (Å²) in [6, 6.07) is 4.60. The third-order valence-electron chi connectivity index (χ3n) is 4.19. The summed E-state index contributed by atoms with van der Waals surface area (Å²) in [6.45, 7) is 2.38. The largest absolute Gasteiger partial charge is 0.317 e. The average Bonchev–Trinajstić information content (AvgIpc) is 2.40. The van der Waals surface area contributed by atoms with Crippen molar-refractivity contribution >= 4 is 0 Å².